The van der Waals surface area contributed by atoms with Gasteiger partial charge in [-0.2, -0.15) is 4.31 Å². The van der Waals surface area contributed by atoms with Gasteiger partial charge in [-0.3, -0.25) is 0 Å². The highest BCUT2D eigenvalue weighted by Gasteiger charge is 2.34. The van der Waals surface area contributed by atoms with Crippen molar-refractivity contribution < 1.29 is 12.8 Å². The molecular formula is C16H20N2O3S. The number of benzene rings is 1. The third kappa shape index (κ3) is 2.80. The molecule has 5 nitrogen and oxygen atoms in total. The number of aryl methyl sites for hydroxylation is 1. The monoisotopic (exact) mass is 320 g/mol. The number of aromatic nitrogens is 1. The van der Waals surface area contributed by atoms with E-state index in [-0.39, 0.29) is 5.03 Å². The minimum atomic E-state index is -3.62. The van der Waals surface area contributed by atoms with E-state index in [0.29, 0.717) is 30.7 Å². The fourth-order valence-corrected chi connectivity index (χ4v) is 4.54. The van der Waals surface area contributed by atoms with Gasteiger partial charge in [0.25, 0.3) is 10.0 Å². The molecule has 1 aliphatic rings. The van der Waals surface area contributed by atoms with Crippen LogP contribution in [-0.2, 0) is 10.0 Å². The molecule has 118 valence electrons. The molecule has 1 atom stereocenters. The van der Waals surface area contributed by atoms with Crippen LogP contribution in [0.4, 0.5) is 0 Å². The van der Waals surface area contributed by atoms with E-state index in [1.54, 1.807) is 6.92 Å². The molecule has 0 bridgehead atoms. The summed E-state index contributed by atoms with van der Waals surface area (Å²) in [6, 6.07) is 9.25. The van der Waals surface area contributed by atoms with Gasteiger partial charge in [0.2, 0.25) is 5.03 Å². The Balaban J connectivity index is 2.04. The summed E-state index contributed by atoms with van der Waals surface area (Å²) in [6.07, 6.45) is 1.95. The van der Waals surface area contributed by atoms with E-state index < -0.39 is 10.0 Å². The summed E-state index contributed by atoms with van der Waals surface area (Å²) in [5.41, 5.74) is 0.728. The van der Waals surface area contributed by atoms with Crippen LogP contribution in [0.1, 0.15) is 25.7 Å². The van der Waals surface area contributed by atoms with E-state index in [0.717, 1.165) is 18.4 Å². The summed E-state index contributed by atoms with van der Waals surface area (Å²) in [6.45, 7) is 4.84. The first-order valence-electron chi connectivity index (χ1n) is 7.51. The fourth-order valence-electron chi connectivity index (χ4n) is 2.84. The number of oxazole rings is 1. The maximum absolute atomic E-state index is 12.9. The largest absolute Gasteiger partial charge is 0.440 e. The average Bonchev–Trinajstić information content (AvgIpc) is 2.91. The van der Waals surface area contributed by atoms with Crippen LogP contribution in [-0.4, -0.2) is 30.8 Å². The molecule has 1 aromatic heterocycles. The molecule has 2 aromatic rings. The third-order valence-electron chi connectivity index (χ3n) is 3.94. The van der Waals surface area contributed by atoms with Crippen LogP contribution in [0.15, 0.2) is 39.8 Å². The molecule has 0 aliphatic carbocycles. The zero-order chi connectivity index (χ0) is 15.7. The lowest BCUT2D eigenvalue weighted by Gasteiger charge is -2.29. The molecule has 22 heavy (non-hydrogen) atoms. The minimum Gasteiger partial charge on any atom is -0.440 e. The number of nitrogens with zero attached hydrogens (tertiary/aromatic N) is 2. The first-order valence-corrected chi connectivity index (χ1v) is 8.95. The summed E-state index contributed by atoms with van der Waals surface area (Å²) in [7, 11) is -3.62. The number of piperidine rings is 1. The SMILES string of the molecule is Cc1nc(S(=O)(=O)N2CCCC(C)C2)c(-c2ccccc2)o1. The second kappa shape index (κ2) is 5.85. The van der Waals surface area contributed by atoms with Crippen molar-refractivity contribution in [3.8, 4) is 11.3 Å². The lowest BCUT2D eigenvalue weighted by atomic mass is 10.0. The second-order valence-electron chi connectivity index (χ2n) is 5.84. The van der Waals surface area contributed by atoms with E-state index >= 15 is 0 Å². The van der Waals surface area contributed by atoms with E-state index in [4.69, 9.17) is 4.42 Å². The number of sulfonamides is 1. The van der Waals surface area contributed by atoms with Crippen molar-refractivity contribution >= 4 is 10.0 Å². The smallest absolute Gasteiger partial charge is 0.264 e. The predicted octanol–water partition coefficient (Wildman–Crippen LogP) is 3.07. The third-order valence-corrected chi connectivity index (χ3v) is 5.72. The molecular weight excluding hydrogens is 300 g/mol. The lowest BCUT2D eigenvalue weighted by Crippen LogP contribution is -2.39. The van der Waals surface area contributed by atoms with E-state index in [1.165, 1.54) is 4.31 Å². The summed E-state index contributed by atoms with van der Waals surface area (Å²) >= 11 is 0. The van der Waals surface area contributed by atoms with Crippen LogP contribution in [0.3, 0.4) is 0 Å². The maximum atomic E-state index is 12.9. The fraction of sp³-hybridized carbons (Fsp3) is 0.438. The van der Waals surface area contributed by atoms with Crippen molar-refractivity contribution in [2.45, 2.75) is 31.7 Å². The van der Waals surface area contributed by atoms with Crippen LogP contribution < -0.4 is 0 Å². The lowest BCUT2D eigenvalue weighted by molar-refractivity contribution is 0.280. The summed E-state index contributed by atoms with van der Waals surface area (Å²) in [4.78, 5) is 4.16. The van der Waals surface area contributed by atoms with Gasteiger partial charge < -0.3 is 4.42 Å². The first-order chi connectivity index (χ1) is 10.5. The Morgan fingerprint density at radius 1 is 1.27 bits per heavy atom. The number of hydrogen-bond donors (Lipinski definition) is 0. The zero-order valence-electron chi connectivity index (χ0n) is 12.8. The van der Waals surface area contributed by atoms with Gasteiger partial charge in [0.1, 0.15) is 0 Å². The Morgan fingerprint density at radius 2 is 2.00 bits per heavy atom. The summed E-state index contributed by atoms with van der Waals surface area (Å²) in [5, 5.41) is 0.0327. The van der Waals surface area contributed by atoms with Crippen LogP contribution in [0.25, 0.3) is 11.3 Å². The van der Waals surface area contributed by atoms with Gasteiger partial charge in [-0.1, -0.05) is 37.3 Å². The highest BCUT2D eigenvalue weighted by atomic mass is 32.2. The van der Waals surface area contributed by atoms with Gasteiger partial charge in [-0.25, -0.2) is 13.4 Å². The quantitative estimate of drug-likeness (QED) is 0.872. The molecule has 1 aromatic carbocycles. The Bertz CT molecular complexity index is 753. The van der Waals surface area contributed by atoms with Gasteiger partial charge in [0.15, 0.2) is 11.7 Å². The Labute approximate surface area is 131 Å². The van der Waals surface area contributed by atoms with Gasteiger partial charge in [-0.15, -0.1) is 0 Å². The molecule has 1 fully saturated rings. The standard InChI is InChI=1S/C16H20N2O3S/c1-12-7-6-10-18(11-12)22(19,20)16-15(21-13(2)17-16)14-8-4-3-5-9-14/h3-5,8-9,12H,6-7,10-11H2,1-2H3. The average molecular weight is 320 g/mol. The van der Waals surface area contributed by atoms with Crippen molar-refractivity contribution in [1.29, 1.82) is 0 Å². The van der Waals surface area contributed by atoms with Crippen LogP contribution in [0, 0.1) is 12.8 Å². The molecule has 0 saturated carbocycles. The summed E-state index contributed by atoms with van der Waals surface area (Å²) in [5.74, 6) is 1.07. The molecule has 0 spiro atoms. The molecule has 0 radical (unpaired) electrons. The van der Waals surface area contributed by atoms with Crippen molar-refractivity contribution in [1.82, 2.24) is 9.29 Å². The molecule has 0 amide bonds. The summed E-state index contributed by atoms with van der Waals surface area (Å²) < 4.78 is 33.0. The second-order valence-corrected chi connectivity index (χ2v) is 7.70. The van der Waals surface area contributed by atoms with Crippen molar-refractivity contribution in [2.24, 2.45) is 5.92 Å². The highest BCUT2D eigenvalue weighted by molar-refractivity contribution is 7.89. The number of rotatable bonds is 3. The Kier molecular flexibility index (Phi) is 4.06. The van der Waals surface area contributed by atoms with E-state index in [1.807, 2.05) is 30.3 Å². The molecule has 1 unspecified atom stereocenters. The Hall–Kier alpha value is -1.66. The normalized spacial score (nSPS) is 20.2. The van der Waals surface area contributed by atoms with Gasteiger partial charge in [-0.05, 0) is 18.8 Å². The topological polar surface area (TPSA) is 63.4 Å². The molecule has 1 aliphatic heterocycles. The molecule has 1 saturated heterocycles. The maximum Gasteiger partial charge on any atom is 0.264 e. The zero-order valence-corrected chi connectivity index (χ0v) is 13.6. The van der Waals surface area contributed by atoms with Crippen molar-refractivity contribution in [3.63, 3.8) is 0 Å². The molecule has 0 N–H and O–H groups in total. The number of hydrogen-bond acceptors (Lipinski definition) is 4. The van der Waals surface area contributed by atoms with Crippen molar-refractivity contribution in [3.05, 3.63) is 36.2 Å². The van der Waals surface area contributed by atoms with Crippen molar-refractivity contribution in [2.75, 3.05) is 13.1 Å². The van der Waals surface area contributed by atoms with Crippen LogP contribution in [0.2, 0.25) is 0 Å². The highest BCUT2D eigenvalue weighted by Crippen LogP contribution is 2.31. The van der Waals surface area contributed by atoms with Gasteiger partial charge >= 0.3 is 0 Å². The Morgan fingerprint density at radius 3 is 2.68 bits per heavy atom. The predicted molar refractivity (Wildman–Crippen MR) is 83.8 cm³/mol. The van der Waals surface area contributed by atoms with Gasteiger partial charge in [0.05, 0.1) is 0 Å². The van der Waals surface area contributed by atoms with E-state index in [9.17, 15) is 8.42 Å². The first kappa shape index (κ1) is 15.2. The molecule has 2 heterocycles. The minimum absolute atomic E-state index is 0.0327. The molecule has 6 heteroatoms. The van der Waals surface area contributed by atoms with Gasteiger partial charge in [0, 0.05) is 25.6 Å². The van der Waals surface area contributed by atoms with E-state index in [2.05, 4.69) is 11.9 Å². The van der Waals surface area contributed by atoms with Crippen LogP contribution >= 0.6 is 0 Å². The molecule has 3 rings (SSSR count). The van der Waals surface area contributed by atoms with Crippen LogP contribution in [0.5, 0.6) is 0 Å².